The number of aliphatic carboxylic acids is 2. The lowest BCUT2D eigenvalue weighted by Crippen LogP contribution is -2.45. The van der Waals surface area contributed by atoms with Crippen molar-refractivity contribution in [2.24, 2.45) is 0 Å². The second-order valence-electron chi connectivity index (χ2n) is 8.07. The maximum absolute atomic E-state index is 13.5. The fourth-order valence-corrected chi connectivity index (χ4v) is 3.49. The van der Waals surface area contributed by atoms with Crippen LogP contribution in [0.15, 0.2) is 48.8 Å². The van der Waals surface area contributed by atoms with Crippen molar-refractivity contribution < 1.29 is 55.3 Å². The van der Waals surface area contributed by atoms with Gasteiger partial charge in [-0.05, 0) is 56.8 Å². The number of carboxylic acids is 2. The van der Waals surface area contributed by atoms with Gasteiger partial charge < -0.3 is 20.0 Å². The van der Waals surface area contributed by atoms with Gasteiger partial charge >= 0.3 is 24.3 Å². The van der Waals surface area contributed by atoms with Crippen LogP contribution < -0.4 is 0 Å². The first-order chi connectivity index (χ1) is 17.4. The Bertz CT molecular complexity index is 1060. The highest BCUT2D eigenvalue weighted by molar-refractivity contribution is 5.94. The molecular formula is C23H24F7N3O5. The standard InChI is InChI=1S/C19H22FN3O.2C2HF3O2/c1-22(2)17-8-10-23(18(17)11-14-5-4-9-21-13-14)19(24)15-6-3-7-16(20)12-15;2*3-2(4,5)1(6)7/h3-7,9,12-13,17-18H,8,10-11H2,1-2H3;2*(H,6,7)/t17-,18+;;/m1../s1. The minimum Gasteiger partial charge on any atom is -0.475 e. The van der Waals surface area contributed by atoms with Gasteiger partial charge in [0.15, 0.2) is 0 Å². The summed E-state index contributed by atoms with van der Waals surface area (Å²) in [4.78, 5) is 38.9. The molecule has 1 fully saturated rings. The molecular weight excluding hydrogens is 531 g/mol. The zero-order valence-corrected chi connectivity index (χ0v) is 20.0. The molecule has 2 heterocycles. The zero-order valence-electron chi connectivity index (χ0n) is 20.0. The largest absolute Gasteiger partial charge is 0.490 e. The van der Waals surface area contributed by atoms with Gasteiger partial charge in [-0.1, -0.05) is 12.1 Å². The molecule has 2 N–H and O–H groups in total. The number of pyridine rings is 1. The van der Waals surface area contributed by atoms with E-state index in [0.717, 1.165) is 18.4 Å². The van der Waals surface area contributed by atoms with Crippen molar-refractivity contribution >= 4 is 17.8 Å². The molecule has 1 saturated heterocycles. The maximum atomic E-state index is 13.5. The topological polar surface area (TPSA) is 111 Å². The highest BCUT2D eigenvalue weighted by atomic mass is 19.4. The molecule has 210 valence electrons. The van der Waals surface area contributed by atoms with Gasteiger partial charge in [-0.3, -0.25) is 9.78 Å². The molecule has 0 bridgehead atoms. The second kappa shape index (κ2) is 13.7. The predicted molar refractivity (Wildman–Crippen MR) is 119 cm³/mol. The molecule has 8 nitrogen and oxygen atoms in total. The average Bonchev–Trinajstić information content (AvgIpc) is 3.22. The number of benzene rings is 1. The van der Waals surface area contributed by atoms with Crippen LogP contribution in [0.1, 0.15) is 22.3 Å². The summed E-state index contributed by atoms with van der Waals surface area (Å²) in [5, 5.41) is 14.2. The van der Waals surface area contributed by atoms with Crippen LogP contribution in [0.3, 0.4) is 0 Å². The lowest BCUT2D eigenvalue weighted by atomic mass is 10.00. The van der Waals surface area contributed by atoms with Gasteiger partial charge in [0.2, 0.25) is 0 Å². The molecule has 15 heteroatoms. The first kappa shape index (κ1) is 32.3. The van der Waals surface area contributed by atoms with Crippen molar-refractivity contribution in [1.82, 2.24) is 14.8 Å². The third kappa shape index (κ3) is 10.3. The third-order valence-electron chi connectivity index (χ3n) is 5.16. The van der Waals surface area contributed by atoms with Crippen LogP contribution in [-0.4, -0.2) is 87.9 Å². The number of likely N-dealkylation sites (tertiary alicyclic amines) is 1. The van der Waals surface area contributed by atoms with Gasteiger partial charge in [0.05, 0.1) is 6.04 Å². The Morgan fingerprint density at radius 1 is 1.00 bits per heavy atom. The molecule has 1 aliphatic rings. The molecule has 1 amide bonds. The summed E-state index contributed by atoms with van der Waals surface area (Å²) in [6.07, 6.45) is -4.91. The first-order valence-electron chi connectivity index (χ1n) is 10.7. The van der Waals surface area contributed by atoms with E-state index >= 15 is 0 Å². The number of hydrogen-bond donors (Lipinski definition) is 2. The molecule has 2 aromatic rings. The molecule has 0 saturated carbocycles. The number of halogens is 7. The van der Waals surface area contributed by atoms with Crippen molar-refractivity contribution in [3.8, 4) is 0 Å². The molecule has 0 aliphatic carbocycles. The second-order valence-corrected chi connectivity index (χ2v) is 8.07. The van der Waals surface area contributed by atoms with Gasteiger partial charge in [0.25, 0.3) is 5.91 Å². The smallest absolute Gasteiger partial charge is 0.475 e. The Labute approximate surface area is 212 Å². The highest BCUT2D eigenvalue weighted by Crippen LogP contribution is 2.26. The van der Waals surface area contributed by atoms with Crippen molar-refractivity contribution in [1.29, 1.82) is 0 Å². The number of aromatic nitrogens is 1. The van der Waals surface area contributed by atoms with Crippen LogP contribution in [0.2, 0.25) is 0 Å². The number of amides is 1. The van der Waals surface area contributed by atoms with Crippen LogP contribution in [-0.2, 0) is 16.0 Å². The Hall–Kier alpha value is -3.75. The molecule has 1 aromatic carbocycles. The zero-order chi connectivity index (χ0) is 29.3. The summed E-state index contributed by atoms with van der Waals surface area (Å²) in [5.41, 5.74) is 1.51. The van der Waals surface area contributed by atoms with Crippen molar-refractivity contribution in [2.75, 3.05) is 20.6 Å². The lowest BCUT2D eigenvalue weighted by molar-refractivity contribution is -0.193. The third-order valence-corrected chi connectivity index (χ3v) is 5.16. The molecule has 3 rings (SSSR count). The Balaban J connectivity index is 0.000000426. The Morgan fingerprint density at radius 2 is 1.55 bits per heavy atom. The Morgan fingerprint density at radius 3 is 1.97 bits per heavy atom. The molecule has 1 aliphatic heterocycles. The highest BCUT2D eigenvalue weighted by Gasteiger charge is 2.39. The lowest BCUT2D eigenvalue weighted by Gasteiger charge is -2.31. The number of carbonyl (C=O) groups excluding carboxylic acids is 1. The van der Waals surface area contributed by atoms with Crippen LogP contribution in [0.4, 0.5) is 30.7 Å². The Kier molecular flexibility index (Phi) is 11.6. The number of likely N-dealkylation sites (N-methyl/N-ethyl adjacent to an activating group) is 1. The normalized spacial score (nSPS) is 17.2. The minimum absolute atomic E-state index is 0.0555. The van der Waals surface area contributed by atoms with E-state index in [-0.39, 0.29) is 23.8 Å². The van der Waals surface area contributed by atoms with Crippen LogP contribution in [0.25, 0.3) is 0 Å². The van der Waals surface area contributed by atoms with Crippen LogP contribution in [0.5, 0.6) is 0 Å². The van der Waals surface area contributed by atoms with E-state index in [1.54, 1.807) is 18.3 Å². The van der Waals surface area contributed by atoms with E-state index in [1.165, 1.54) is 12.1 Å². The van der Waals surface area contributed by atoms with Gasteiger partial charge in [-0.15, -0.1) is 0 Å². The van der Waals surface area contributed by atoms with Gasteiger partial charge in [0, 0.05) is 30.5 Å². The molecule has 1 aromatic heterocycles. The maximum Gasteiger partial charge on any atom is 0.490 e. The summed E-state index contributed by atoms with van der Waals surface area (Å²) >= 11 is 0. The molecule has 0 unspecified atom stereocenters. The summed E-state index contributed by atoms with van der Waals surface area (Å²) in [6.45, 7) is 0.684. The van der Waals surface area contributed by atoms with Crippen molar-refractivity contribution in [3.63, 3.8) is 0 Å². The monoisotopic (exact) mass is 555 g/mol. The first-order valence-corrected chi connectivity index (χ1v) is 10.7. The van der Waals surface area contributed by atoms with E-state index in [1.807, 2.05) is 37.3 Å². The average molecular weight is 555 g/mol. The molecule has 2 atom stereocenters. The number of carbonyl (C=O) groups is 3. The number of nitrogens with zero attached hydrogens (tertiary/aromatic N) is 3. The molecule has 0 radical (unpaired) electrons. The number of carboxylic acid groups (broad SMARTS) is 2. The minimum atomic E-state index is -5.08. The van der Waals surface area contributed by atoms with E-state index in [2.05, 4.69) is 9.88 Å². The summed E-state index contributed by atoms with van der Waals surface area (Å²) in [5.74, 6) is -6.00. The van der Waals surface area contributed by atoms with Crippen molar-refractivity contribution in [2.45, 2.75) is 37.3 Å². The SMILES string of the molecule is CN(C)[C@@H]1CCN(C(=O)c2cccc(F)c2)[C@H]1Cc1cccnc1.O=C(O)C(F)(F)F.O=C(O)C(F)(F)F. The number of alkyl halides is 6. The molecule has 38 heavy (non-hydrogen) atoms. The summed E-state index contributed by atoms with van der Waals surface area (Å²) in [6, 6.07) is 10.2. The van der Waals surface area contributed by atoms with E-state index in [9.17, 15) is 35.5 Å². The fourth-order valence-electron chi connectivity index (χ4n) is 3.49. The van der Waals surface area contributed by atoms with Gasteiger partial charge in [-0.25, -0.2) is 14.0 Å². The van der Waals surface area contributed by atoms with E-state index in [0.29, 0.717) is 12.1 Å². The summed E-state index contributed by atoms with van der Waals surface area (Å²) in [7, 11) is 4.08. The van der Waals surface area contributed by atoms with Gasteiger partial charge in [0.1, 0.15) is 5.82 Å². The van der Waals surface area contributed by atoms with Crippen LogP contribution in [0, 0.1) is 5.82 Å². The summed E-state index contributed by atoms with van der Waals surface area (Å²) < 4.78 is 76.9. The molecule has 0 spiro atoms. The number of hydrogen-bond acceptors (Lipinski definition) is 5. The van der Waals surface area contributed by atoms with E-state index in [4.69, 9.17) is 19.8 Å². The predicted octanol–water partition coefficient (Wildman–Crippen LogP) is 3.87. The fraction of sp³-hybridized carbons (Fsp3) is 0.391. The van der Waals surface area contributed by atoms with Crippen LogP contribution >= 0.6 is 0 Å². The number of rotatable bonds is 4. The van der Waals surface area contributed by atoms with Crippen molar-refractivity contribution in [3.05, 3.63) is 65.7 Å². The van der Waals surface area contributed by atoms with E-state index < -0.39 is 24.3 Å². The quantitative estimate of drug-likeness (QED) is 0.551. The van der Waals surface area contributed by atoms with Gasteiger partial charge in [-0.2, -0.15) is 26.3 Å².